The van der Waals surface area contributed by atoms with E-state index in [-0.39, 0.29) is 12.5 Å². The molecule has 1 heterocycles. The van der Waals surface area contributed by atoms with E-state index in [4.69, 9.17) is 0 Å². The summed E-state index contributed by atoms with van der Waals surface area (Å²) in [4.78, 5) is 0. The van der Waals surface area contributed by atoms with Gasteiger partial charge in [-0.05, 0) is 56.3 Å². The highest BCUT2D eigenvalue weighted by Crippen LogP contribution is 2.50. The summed E-state index contributed by atoms with van der Waals surface area (Å²) in [7, 11) is 0. The normalized spacial score (nSPS) is 46.4. The second kappa shape index (κ2) is 4.15. The van der Waals surface area contributed by atoms with Gasteiger partial charge in [0.25, 0.3) is 0 Å². The molecule has 0 aromatic carbocycles. The van der Waals surface area contributed by atoms with Gasteiger partial charge in [0.05, 0.1) is 0 Å². The van der Waals surface area contributed by atoms with Gasteiger partial charge in [-0.2, -0.15) is 13.2 Å². The van der Waals surface area contributed by atoms with E-state index < -0.39 is 12.2 Å². The van der Waals surface area contributed by atoms with Gasteiger partial charge in [-0.3, -0.25) is 0 Å². The summed E-state index contributed by atoms with van der Waals surface area (Å²) in [5.41, 5.74) is 0. The summed E-state index contributed by atoms with van der Waals surface area (Å²) in [6.07, 6.45) is 2.90. The molecule has 98 valence electrons. The van der Waals surface area contributed by atoms with Gasteiger partial charge in [-0.25, -0.2) is 0 Å². The van der Waals surface area contributed by atoms with Crippen LogP contribution in [0.25, 0.3) is 0 Å². The summed E-state index contributed by atoms with van der Waals surface area (Å²) in [6, 6.07) is -1.12. The van der Waals surface area contributed by atoms with E-state index in [1.165, 1.54) is 25.7 Å². The molecule has 3 fully saturated rings. The first-order valence-electron chi connectivity index (χ1n) is 6.87. The molecule has 5 unspecified atom stereocenters. The third-order valence-corrected chi connectivity index (χ3v) is 5.13. The van der Waals surface area contributed by atoms with Crippen LogP contribution in [0.2, 0.25) is 0 Å². The summed E-state index contributed by atoms with van der Waals surface area (Å²) < 4.78 is 38.2. The van der Waals surface area contributed by atoms with Crippen molar-refractivity contribution in [2.75, 3.05) is 0 Å². The van der Waals surface area contributed by atoms with Crippen LogP contribution in [0.3, 0.4) is 0 Å². The average molecular weight is 247 g/mol. The molecule has 0 spiro atoms. The van der Waals surface area contributed by atoms with Crippen molar-refractivity contribution in [2.45, 2.75) is 63.2 Å². The van der Waals surface area contributed by atoms with Gasteiger partial charge in [0.1, 0.15) is 6.04 Å². The van der Waals surface area contributed by atoms with E-state index in [0.717, 1.165) is 18.8 Å². The van der Waals surface area contributed by atoms with Crippen LogP contribution in [-0.4, -0.2) is 18.3 Å². The summed E-state index contributed by atoms with van der Waals surface area (Å²) in [6.45, 7) is 0. The fourth-order valence-corrected chi connectivity index (χ4v) is 4.35. The molecule has 0 radical (unpaired) electrons. The van der Waals surface area contributed by atoms with E-state index in [1.807, 2.05) is 0 Å². The van der Waals surface area contributed by atoms with Crippen molar-refractivity contribution >= 4 is 0 Å². The standard InChI is InChI=1S/C13H20F3N/c14-13(15,16)12-3-1-2-11(17-12)10-7-8-4-5-9(10)6-8/h8-12,17H,1-7H2. The highest BCUT2D eigenvalue weighted by atomic mass is 19.4. The van der Waals surface area contributed by atoms with Gasteiger partial charge in [0, 0.05) is 6.04 Å². The largest absolute Gasteiger partial charge is 0.403 e. The Labute approximate surface area is 100 Å². The highest BCUT2D eigenvalue weighted by Gasteiger charge is 2.47. The van der Waals surface area contributed by atoms with Crippen molar-refractivity contribution in [3.63, 3.8) is 0 Å². The van der Waals surface area contributed by atoms with Gasteiger partial charge >= 0.3 is 6.18 Å². The van der Waals surface area contributed by atoms with Crippen LogP contribution in [0.1, 0.15) is 44.9 Å². The third kappa shape index (κ3) is 2.20. The average Bonchev–Trinajstić information content (AvgIpc) is 2.89. The van der Waals surface area contributed by atoms with Gasteiger partial charge in [0.15, 0.2) is 0 Å². The Balaban J connectivity index is 1.64. The highest BCUT2D eigenvalue weighted by molar-refractivity contribution is 4.98. The fraction of sp³-hybridized carbons (Fsp3) is 1.00. The predicted octanol–water partition coefficient (Wildman–Crippen LogP) is 3.50. The number of rotatable bonds is 1. The maximum absolute atomic E-state index is 12.7. The quantitative estimate of drug-likeness (QED) is 0.748. The van der Waals surface area contributed by atoms with Crippen LogP contribution in [-0.2, 0) is 0 Å². The van der Waals surface area contributed by atoms with E-state index >= 15 is 0 Å². The molecule has 1 N–H and O–H groups in total. The molecular weight excluding hydrogens is 227 g/mol. The number of alkyl halides is 3. The van der Waals surface area contributed by atoms with Crippen molar-refractivity contribution in [1.82, 2.24) is 5.32 Å². The third-order valence-electron chi connectivity index (χ3n) is 5.13. The maximum Gasteiger partial charge on any atom is 0.403 e. The Morgan fingerprint density at radius 2 is 1.76 bits per heavy atom. The van der Waals surface area contributed by atoms with Gasteiger partial charge in [-0.15, -0.1) is 0 Å². The molecule has 2 bridgehead atoms. The van der Waals surface area contributed by atoms with Crippen LogP contribution in [0.5, 0.6) is 0 Å². The Hall–Kier alpha value is -0.250. The molecule has 1 aliphatic heterocycles. The molecule has 5 atom stereocenters. The zero-order chi connectivity index (χ0) is 12.0. The van der Waals surface area contributed by atoms with Crippen molar-refractivity contribution in [2.24, 2.45) is 17.8 Å². The summed E-state index contributed by atoms with van der Waals surface area (Å²) in [5.74, 6) is 2.06. The van der Waals surface area contributed by atoms with Crippen LogP contribution in [0.4, 0.5) is 13.2 Å². The van der Waals surface area contributed by atoms with Gasteiger partial charge in [-0.1, -0.05) is 6.42 Å². The molecule has 2 saturated carbocycles. The second-order valence-corrected chi connectivity index (χ2v) is 6.14. The van der Waals surface area contributed by atoms with Gasteiger partial charge in [0.2, 0.25) is 0 Å². The topological polar surface area (TPSA) is 12.0 Å². The Morgan fingerprint density at radius 3 is 2.35 bits per heavy atom. The number of halogens is 3. The first-order valence-corrected chi connectivity index (χ1v) is 6.87. The molecule has 17 heavy (non-hydrogen) atoms. The predicted molar refractivity (Wildman–Crippen MR) is 59.6 cm³/mol. The molecule has 2 aliphatic carbocycles. The smallest absolute Gasteiger partial charge is 0.303 e. The molecular formula is C13H20F3N. The maximum atomic E-state index is 12.7. The minimum Gasteiger partial charge on any atom is -0.303 e. The number of hydrogen-bond acceptors (Lipinski definition) is 1. The van der Waals surface area contributed by atoms with E-state index in [1.54, 1.807) is 0 Å². The number of nitrogens with one attached hydrogen (secondary N) is 1. The van der Waals surface area contributed by atoms with E-state index in [9.17, 15) is 13.2 Å². The zero-order valence-electron chi connectivity index (χ0n) is 9.97. The molecule has 4 heteroatoms. The first kappa shape index (κ1) is 11.8. The van der Waals surface area contributed by atoms with E-state index in [2.05, 4.69) is 5.32 Å². The molecule has 3 aliphatic rings. The van der Waals surface area contributed by atoms with Crippen LogP contribution in [0, 0.1) is 17.8 Å². The lowest BCUT2D eigenvalue weighted by atomic mass is 9.79. The van der Waals surface area contributed by atoms with E-state index in [0.29, 0.717) is 11.8 Å². The van der Waals surface area contributed by atoms with Crippen LogP contribution in [0.15, 0.2) is 0 Å². The molecule has 1 saturated heterocycles. The lowest BCUT2D eigenvalue weighted by Crippen LogP contribution is -2.53. The minimum absolute atomic E-state index is 0.130. The molecule has 0 aromatic heterocycles. The first-order chi connectivity index (χ1) is 8.04. The SMILES string of the molecule is FC(F)(F)C1CCCC(C2CC3CCC2C3)N1. The Kier molecular flexibility index (Phi) is 2.88. The monoisotopic (exact) mass is 247 g/mol. The van der Waals surface area contributed by atoms with Crippen LogP contribution >= 0.6 is 0 Å². The molecule has 0 amide bonds. The summed E-state index contributed by atoms with van der Waals surface area (Å²) in [5, 5.41) is 2.90. The Morgan fingerprint density at radius 1 is 0.941 bits per heavy atom. The lowest BCUT2D eigenvalue weighted by molar-refractivity contribution is -0.164. The van der Waals surface area contributed by atoms with Crippen molar-refractivity contribution in [1.29, 1.82) is 0 Å². The van der Waals surface area contributed by atoms with Gasteiger partial charge < -0.3 is 5.32 Å². The zero-order valence-corrected chi connectivity index (χ0v) is 9.97. The number of piperidine rings is 1. The van der Waals surface area contributed by atoms with Crippen molar-refractivity contribution < 1.29 is 13.2 Å². The number of hydrogen-bond donors (Lipinski definition) is 1. The molecule has 1 nitrogen and oxygen atoms in total. The second-order valence-electron chi connectivity index (χ2n) is 6.14. The summed E-state index contributed by atoms with van der Waals surface area (Å²) >= 11 is 0. The molecule has 0 aromatic rings. The minimum atomic E-state index is -4.06. The number of fused-ring (bicyclic) bond motifs is 2. The van der Waals surface area contributed by atoms with Crippen molar-refractivity contribution in [3.05, 3.63) is 0 Å². The fourth-order valence-electron chi connectivity index (χ4n) is 4.35. The van der Waals surface area contributed by atoms with Crippen molar-refractivity contribution in [3.8, 4) is 0 Å². The lowest BCUT2D eigenvalue weighted by Gasteiger charge is -2.38. The van der Waals surface area contributed by atoms with Crippen LogP contribution < -0.4 is 5.32 Å². The Bertz CT molecular complexity index is 289. The molecule has 3 rings (SSSR count).